The van der Waals surface area contributed by atoms with Gasteiger partial charge in [-0.05, 0) is 48.2 Å². The van der Waals surface area contributed by atoms with Crippen LogP contribution in [0.15, 0.2) is 90.1 Å². The molecule has 188 valence electrons. The van der Waals surface area contributed by atoms with Crippen LogP contribution < -0.4 is 10.6 Å². The van der Waals surface area contributed by atoms with E-state index >= 15 is 0 Å². The molecule has 0 bridgehead atoms. The molecule has 0 unspecified atom stereocenters. The highest BCUT2D eigenvalue weighted by Crippen LogP contribution is 2.29. The van der Waals surface area contributed by atoms with Gasteiger partial charge in [-0.1, -0.05) is 42.5 Å². The Hall–Kier alpha value is -4.02. The van der Waals surface area contributed by atoms with Crippen molar-refractivity contribution < 1.29 is 18.0 Å². The number of carbonyl (C=O) groups excluding carboxylic acids is 2. The van der Waals surface area contributed by atoms with E-state index in [1.165, 1.54) is 11.3 Å². The van der Waals surface area contributed by atoms with E-state index in [0.717, 1.165) is 10.6 Å². The normalized spacial score (nSPS) is 16.9. The van der Waals surface area contributed by atoms with Crippen LogP contribution in [-0.4, -0.2) is 47.6 Å². The third-order valence-corrected chi connectivity index (χ3v) is 8.56. The molecule has 1 fully saturated rings. The first-order valence-corrected chi connectivity index (χ1v) is 14.4. The molecule has 0 aliphatic carbocycles. The van der Waals surface area contributed by atoms with E-state index in [-0.39, 0.29) is 17.2 Å². The highest BCUT2D eigenvalue weighted by atomic mass is 32.2. The molecule has 2 N–H and O–H groups in total. The van der Waals surface area contributed by atoms with E-state index in [0.29, 0.717) is 23.2 Å². The Balaban J connectivity index is 1.54. The molecule has 2 aromatic heterocycles. The van der Waals surface area contributed by atoms with Crippen molar-refractivity contribution in [3.05, 3.63) is 101 Å². The molecule has 1 saturated heterocycles. The highest BCUT2D eigenvalue weighted by Gasteiger charge is 2.30. The fourth-order valence-electron chi connectivity index (χ4n) is 4.08. The molecule has 1 aliphatic heterocycles. The zero-order valence-electron chi connectivity index (χ0n) is 19.7. The minimum Gasteiger partial charge on any atom is -0.347 e. The number of nitrogens with one attached hydrogen (secondary N) is 2. The Morgan fingerprint density at radius 2 is 1.73 bits per heavy atom. The maximum absolute atomic E-state index is 13.3. The molecule has 2 aromatic carbocycles. The number of benzene rings is 2. The maximum Gasteiger partial charge on any atom is 0.268 e. The van der Waals surface area contributed by atoms with E-state index in [4.69, 9.17) is 5.10 Å². The summed E-state index contributed by atoms with van der Waals surface area (Å²) in [4.78, 5) is 27.2. The molecule has 1 atom stereocenters. The molecular weight excluding hydrogens is 508 g/mol. The lowest BCUT2D eigenvalue weighted by atomic mass is 10.1. The molecule has 0 spiro atoms. The second kappa shape index (κ2) is 10.5. The lowest BCUT2D eigenvalue weighted by Crippen LogP contribution is -2.41. The summed E-state index contributed by atoms with van der Waals surface area (Å²) >= 11 is 1.51. The summed E-state index contributed by atoms with van der Waals surface area (Å²) in [7, 11) is -3.19. The van der Waals surface area contributed by atoms with E-state index < -0.39 is 27.7 Å². The zero-order chi connectivity index (χ0) is 25.8. The van der Waals surface area contributed by atoms with Gasteiger partial charge in [-0.25, -0.2) is 13.1 Å². The number of rotatable bonds is 7. The van der Waals surface area contributed by atoms with Crippen molar-refractivity contribution in [3.63, 3.8) is 0 Å². The average Bonchev–Trinajstić information content (AvgIpc) is 3.65. The first kappa shape index (κ1) is 24.7. The number of amides is 2. The van der Waals surface area contributed by atoms with Crippen LogP contribution in [0.2, 0.25) is 0 Å². The van der Waals surface area contributed by atoms with Gasteiger partial charge in [0, 0.05) is 23.4 Å². The van der Waals surface area contributed by atoms with Gasteiger partial charge < -0.3 is 10.6 Å². The smallest absolute Gasteiger partial charge is 0.268 e. The Bertz CT molecular complexity index is 1540. The summed E-state index contributed by atoms with van der Waals surface area (Å²) in [6, 6.07) is 21.5. The van der Waals surface area contributed by atoms with Crippen LogP contribution in [0.5, 0.6) is 0 Å². The summed E-state index contributed by atoms with van der Waals surface area (Å²) < 4.78 is 25.5. The number of aromatic nitrogens is 2. The predicted molar refractivity (Wildman–Crippen MR) is 144 cm³/mol. The van der Waals surface area contributed by atoms with Crippen LogP contribution in [0.3, 0.4) is 0 Å². The second-order valence-electron chi connectivity index (χ2n) is 8.64. The van der Waals surface area contributed by atoms with Gasteiger partial charge in [0.15, 0.2) is 9.84 Å². The van der Waals surface area contributed by atoms with Gasteiger partial charge in [0.1, 0.15) is 11.4 Å². The van der Waals surface area contributed by atoms with E-state index in [1.54, 1.807) is 47.3 Å². The Morgan fingerprint density at radius 1 is 1.00 bits per heavy atom. The average molecular weight is 533 g/mol. The predicted octanol–water partition coefficient (Wildman–Crippen LogP) is 3.68. The first-order chi connectivity index (χ1) is 17.9. The van der Waals surface area contributed by atoms with Gasteiger partial charge in [-0.15, -0.1) is 11.3 Å². The summed E-state index contributed by atoms with van der Waals surface area (Å²) in [6.07, 6.45) is 3.72. The third-order valence-electron chi connectivity index (χ3n) is 5.91. The molecule has 37 heavy (non-hydrogen) atoms. The van der Waals surface area contributed by atoms with Crippen LogP contribution >= 0.6 is 11.3 Å². The third kappa shape index (κ3) is 5.87. The van der Waals surface area contributed by atoms with Crippen LogP contribution in [0, 0.1) is 0 Å². The van der Waals surface area contributed by atoms with E-state index in [2.05, 4.69) is 10.6 Å². The van der Waals surface area contributed by atoms with Gasteiger partial charge in [0.25, 0.3) is 11.8 Å². The lowest BCUT2D eigenvalue weighted by molar-refractivity contribution is -0.118. The summed E-state index contributed by atoms with van der Waals surface area (Å²) in [6.45, 7) is 0. The SMILES string of the molecule is O=C(N[C@@H]1CCS(=O)(=O)C1)/C(=C\c1cn(-c2ccccc2)nc1-c1cccs1)NC(=O)c1ccccc1. The minimum atomic E-state index is -3.19. The summed E-state index contributed by atoms with van der Waals surface area (Å²) in [5.74, 6) is -1.10. The molecule has 0 saturated carbocycles. The second-order valence-corrected chi connectivity index (χ2v) is 11.8. The molecule has 1 aliphatic rings. The highest BCUT2D eigenvalue weighted by molar-refractivity contribution is 7.91. The summed E-state index contributed by atoms with van der Waals surface area (Å²) in [5, 5.41) is 12.2. The molecule has 4 aromatic rings. The zero-order valence-corrected chi connectivity index (χ0v) is 21.3. The Kier molecular flexibility index (Phi) is 7.02. The summed E-state index contributed by atoms with van der Waals surface area (Å²) in [5.41, 5.74) is 2.52. The molecule has 8 nitrogen and oxygen atoms in total. The van der Waals surface area contributed by atoms with Gasteiger partial charge in [-0.2, -0.15) is 5.10 Å². The van der Waals surface area contributed by atoms with Crippen LogP contribution in [0.25, 0.3) is 22.3 Å². The molecule has 10 heteroatoms. The van der Waals surface area contributed by atoms with Crippen molar-refractivity contribution in [1.29, 1.82) is 0 Å². The molecular formula is C27H24N4O4S2. The van der Waals surface area contributed by atoms with Gasteiger partial charge >= 0.3 is 0 Å². The number of carbonyl (C=O) groups is 2. The van der Waals surface area contributed by atoms with Crippen molar-refractivity contribution in [2.45, 2.75) is 12.5 Å². The quantitative estimate of drug-likeness (QED) is 0.353. The van der Waals surface area contributed by atoms with Crippen LogP contribution in [-0.2, 0) is 14.6 Å². The molecule has 2 amide bonds. The number of thiophene rings is 1. The molecule has 0 radical (unpaired) electrons. The minimum absolute atomic E-state index is 0.00330. The van der Waals surface area contributed by atoms with Gasteiger partial charge in [0.2, 0.25) is 0 Å². The lowest BCUT2D eigenvalue weighted by Gasteiger charge is -2.14. The standard InChI is InChI=1S/C27H24N4O4S2/c32-26(19-8-3-1-4-9-19)29-23(27(33)28-21-13-15-37(34,35)18-21)16-20-17-31(22-10-5-2-6-11-22)30-25(20)24-12-7-14-36-24/h1-12,14,16-17,21H,13,15,18H2,(H,28,33)(H,29,32)/b23-16+/t21-/m1/s1. The largest absolute Gasteiger partial charge is 0.347 e. The number of hydrogen-bond donors (Lipinski definition) is 2. The van der Waals surface area contributed by atoms with Crippen molar-refractivity contribution in [3.8, 4) is 16.3 Å². The van der Waals surface area contributed by atoms with Gasteiger partial charge in [-0.3, -0.25) is 9.59 Å². The molecule has 3 heterocycles. The van der Waals surface area contributed by atoms with Crippen LogP contribution in [0.1, 0.15) is 22.3 Å². The van der Waals surface area contributed by atoms with E-state index in [1.807, 2.05) is 47.8 Å². The first-order valence-electron chi connectivity index (χ1n) is 11.7. The molecule has 5 rings (SSSR count). The number of para-hydroxylation sites is 1. The van der Waals surface area contributed by atoms with Crippen LogP contribution in [0.4, 0.5) is 0 Å². The van der Waals surface area contributed by atoms with Crippen molar-refractivity contribution >= 4 is 39.1 Å². The fraction of sp³-hybridized carbons (Fsp3) is 0.148. The fourth-order valence-corrected chi connectivity index (χ4v) is 6.49. The maximum atomic E-state index is 13.3. The topological polar surface area (TPSA) is 110 Å². The Morgan fingerprint density at radius 3 is 2.38 bits per heavy atom. The number of sulfone groups is 1. The van der Waals surface area contributed by atoms with Gasteiger partial charge in [0.05, 0.1) is 22.1 Å². The van der Waals surface area contributed by atoms with Crippen molar-refractivity contribution in [1.82, 2.24) is 20.4 Å². The van der Waals surface area contributed by atoms with E-state index in [9.17, 15) is 18.0 Å². The van der Waals surface area contributed by atoms with Crippen molar-refractivity contribution in [2.24, 2.45) is 0 Å². The Labute approximate surface area is 218 Å². The number of nitrogens with zero attached hydrogens (tertiary/aromatic N) is 2. The monoisotopic (exact) mass is 532 g/mol. The van der Waals surface area contributed by atoms with Crippen molar-refractivity contribution in [2.75, 3.05) is 11.5 Å². The number of hydrogen-bond acceptors (Lipinski definition) is 6.